The number of aryl methyl sites for hydroxylation is 2. The normalized spacial score (nSPS) is 10.5. The molecule has 0 aliphatic rings. The molecule has 0 fully saturated rings. The summed E-state index contributed by atoms with van der Waals surface area (Å²) in [7, 11) is 0. The van der Waals surface area contributed by atoms with Crippen molar-refractivity contribution >= 4 is 16.7 Å². The van der Waals surface area contributed by atoms with E-state index in [0.717, 1.165) is 35.0 Å². The van der Waals surface area contributed by atoms with Crippen LogP contribution in [0.1, 0.15) is 35.7 Å². The van der Waals surface area contributed by atoms with Crippen molar-refractivity contribution in [1.82, 2.24) is 4.57 Å². The number of carbonyl (C=O) groups is 1. The Morgan fingerprint density at radius 2 is 2.22 bits per heavy atom. The highest BCUT2D eigenvalue weighted by molar-refractivity contribution is 6.07. The van der Waals surface area contributed by atoms with Gasteiger partial charge in [0.2, 0.25) is 0 Å². The largest absolute Gasteiger partial charge is 0.347 e. The molecule has 0 unspecified atom stereocenters. The van der Waals surface area contributed by atoms with Gasteiger partial charge in [-0.25, -0.2) is 0 Å². The van der Waals surface area contributed by atoms with Crippen LogP contribution in [0.4, 0.5) is 0 Å². The molecule has 2 aromatic rings. The van der Waals surface area contributed by atoms with Crippen LogP contribution >= 0.6 is 0 Å². The monoisotopic (exact) mass is 240 g/mol. The Hall–Kier alpha value is -2.08. The Labute approximate surface area is 107 Å². The lowest BCUT2D eigenvalue weighted by molar-refractivity contribution is 0.101. The van der Waals surface area contributed by atoms with Gasteiger partial charge in [-0.3, -0.25) is 4.79 Å². The first-order valence-corrected chi connectivity index (χ1v) is 6.11. The summed E-state index contributed by atoms with van der Waals surface area (Å²) in [4.78, 5) is 11.6. The molecule has 1 aromatic heterocycles. The molecule has 0 radical (unpaired) electrons. The minimum Gasteiger partial charge on any atom is -0.347 e. The van der Waals surface area contributed by atoms with Crippen molar-refractivity contribution in [3.63, 3.8) is 0 Å². The second kappa shape index (κ2) is 5.05. The second-order valence-corrected chi connectivity index (χ2v) is 4.57. The van der Waals surface area contributed by atoms with E-state index in [9.17, 15) is 4.79 Å². The molecule has 92 valence electrons. The fourth-order valence-corrected chi connectivity index (χ4v) is 2.20. The summed E-state index contributed by atoms with van der Waals surface area (Å²) in [5.74, 6) is 0.0876. The number of aromatic nitrogens is 1. The van der Waals surface area contributed by atoms with Gasteiger partial charge in [0.1, 0.15) is 0 Å². The van der Waals surface area contributed by atoms with Gasteiger partial charge in [-0.05, 0) is 32.4 Å². The summed E-state index contributed by atoms with van der Waals surface area (Å²) in [5, 5.41) is 9.59. The van der Waals surface area contributed by atoms with Crippen molar-refractivity contribution in [2.75, 3.05) is 0 Å². The number of fused-ring (bicyclic) bond motifs is 1. The minimum atomic E-state index is 0.0876. The maximum Gasteiger partial charge on any atom is 0.161 e. The maximum atomic E-state index is 11.6. The summed E-state index contributed by atoms with van der Waals surface area (Å²) in [6.45, 7) is 4.40. The smallest absolute Gasteiger partial charge is 0.161 e. The second-order valence-electron chi connectivity index (χ2n) is 4.57. The average Bonchev–Trinajstić information content (AvgIpc) is 2.68. The minimum absolute atomic E-state index is 0.0876. The third-order valence-electron chi connectivity index (χ3n) is 3.10. The fraction of sp³-hybridized carbons (Fsp3) is 0.333. The van der Waals surface area contributed by atoms with E-state index in [2.05, 4.69) is 10.6 Å². The zero-order valence-corrected chi connectivity index (χ0v) is 10.7. The fourth-order valence-electron chi connectivity index (χ4n) is 2.20. The van der Waals surface area contributed by atoms with E-state index in [0.29, 0.717) is 6.42 Å². The molecule has 0 saturated heterocycles. The molecule has 1 heterocycles. The molecule has 3 heteroatoms. The topological polar surface area (TPSA) is 45.8 Å². The van der Waals surface area contributed by atoms with Gasteiger partial charge in [0.05, 0.1) is 6.07 Å². The summed E-state index contributed by atoms with van der Waals surface area (Å²) in [6.07, 6.45) is 3.26. The summed E-state index contributed by atoms with van der Waals surface area (Å²) < 4.78 is 2.07. The molecular formula is C15H16N2O. The lowest BCUT2D eigenvalue weighted by Crippen LogP contribution is -1.96. The first-order chi connectivity index (χ1) is 8.63. The van der Waals surface area contributed by atoms with Gasteiger partial charge in [0.25, 0.3) is 0 Å². The van der Waals surface area contributed by atoms with Crippen LogP contribution in [-0.2, 0) is 6.54 Å². The molecule has 0 amide bonds. The van der Waals surface area contributed by atoms with Gasteiger partial charge in [-0.15, -0.1) is 0 Å². The Morgan fingerprint density at radius 1 is 1.44 bits per heavy atom. The van der Waals surface area contributed by atoms with Gasteiger partial charge in [0.15, 0.2) is 5.78 Å². The van der Waals surface area contributed by atoms with Gasteiger partial charge in [-0.2, -0.15) is 5.26 Å². The molecule has 0 N–H and O–H groups in total. The number of unbranched alkanes of at least 4 members (excludes halogenated alkanes) is 1. The lowest BCUT2D eigenvalue weighted by atomic mass is 10.1. The summed E-state index contributed by atoms with van der Waals surface area (Å²) >= 11 is 0. The van der Waals surface area contributed by atoms with Crippen LogP contribution in [-0.4, -0.2) is 10.4 Å². The molecule has 18 heavy (non-hydrogen) atoms. The van der Waals surface area contributed by atoms with Crippen molar-refractivity contribution in [2.24, 2.45) is 0 Å². The Morgan fingerprint density at radius 3 is 2.89 bits per heavy atom. The number of Topliss-reactive ketones (excluding diaryl/α,β-unsaturated/α-hetero) is 1. The SMILES string of the molecule is CC(=O)c1cn(CCCC#N)c2ccc(C)cc12. The zero-order valence-electron chi connectivity index (χ0n) is 10.7. The van der Waals surface area contributed by atoms with E-state index in [1.165, 1.54) is 0 Å². The summed E-state index contributed by atoms with van der Waals surface area (Å²) in [5.41, 5.74) is 2.99. The molecule has 0 spiro atoms. The molecule has 0 saturated carbocycles. The third-order valence-corrected chi connectivity index (χ3v) is 3.10. The number of hydrogen-bond acceptors (Lipinski definition) is 2. The average molecular weight is 240 g/mol. The van der Waals surface area contributed by atoms with Crippen molar-refractivity contribution in [3.8, 4) is 6.07 Å². The number of carbonyl (C=O) groups excluding carboxylic acids is 1. The van der Waals surface area contributed by atoms with Crippen molar-refractivity contribution in [1.29, 1.82) is 5.26 Å². The number of benzene rings is 1. The van der Waals surface area contributed by atoms with E-state index in [1.54, 1.807) is 6.92 Å². The number of nitriles is 1. The molecule has 1 aromatic carbocycles. The molecule has 0 bridgehead atoms. The Balaban J connectivity index is 2.48. The highest BCUT2D eigenvalue weighted by Gasteiger charge is 2.11. The number of ketones is 1. The number of nitrogens with zero attached hydrogens (tertiary/aromatic N) is 2. The zero-order chi connectivity index (χ0) is 13.1. The lowest BCUT2D eigenvalue weighted by Gasteiger charge is -2.03. The van der Waals surface area contributed by atoms with Gasteiger partial charge < -0.3 is 4.57 Å². The van der Waals surface area contributed by atoms with Crippen LogP contribution < -0.4 is 0 Å². The molecule has 2 rings (SSSR count). The predicted molar refractivity (Wildman–Crippen MR) is 71.5 cm³/mol. The first kappa shape index (κ1) is 12.4. The quantitative estimate of drug-likeness (QED) is 0.607. The molecule has 0 aliphatic carbocycles. The van der Waals surface area contributed by atoms with Crippen molar-refractivity contribution in [2.45, 2.75) is 33.2 Å². The van der Waals surface area contributed by atoms with Crippen molar-refractivity contribution < 1.29 is 4.79 Å². The van der Waals surface area contributed by atoms with Crippen LogP contribution in [0.15, 0.2) is 24.4 Å². The first-order valence-electron chi connectivity index (χ1n) is 6.11. The highest BCUT2D eigenvalue weighted by atomic mass is 16.1. The molecule has 3 nitrogen and oxygen atoms in total. The van der Waals surface area contributed by atoms with E-state index in [4.69, 9.17) is 5.26 Å². The number of hydrogen-bond donors (Lipinski definition) is 0. The maximum absolute atomic E-state index is 11.6. The van der Waals surface area contributed by atoms with Crippen LogP contribution in [0.3, 0.4) is 0 Å². The van der Waals surface area contributed by atoms with Gasteiger partial charge >= 0.3 is 0 Å². The Kier molecular flexibility index (Phi) is 3.47. The van der Waals surface area contributed by atoms with Crippen LogP contribution in [0, 0.1) is 18.3 Å². The summed E-state index contributed by atoms with van der Waals surface area (Å²) in [6, 6.07) is 8.29. The van der Waals surface area contributed by atoms with Crippen LogP contribution in [0.5, 0.6) is 0 Å². The molecule has 0 atom stereocenters. The molecule has 0 aliphatic heterocycles. The van der Waals surface area contributed by atoms with E-state index in [-0.39, 0.29) is 5.78 Å². The standard InChI is InChI=1S/C15H16N2O/c1-11-5-6-15-13(9-11)14(12(2)18)10-17(15)8-4-3-7-16/h5-6,9-10H,3-4,8H2,1-2H3. The van der Waals surface area contributed by atoms with Crippen LogP contribution in [0.25, 0.3) is 10.9 Å². The number of rotatable bonds is 4. The van der Waals surface area contributed by atoms with Gasteiger partial charge in [0, 0.05) is 35.6 Å². The highest BCUT2D eigenvalue weighted by Crippen LogP contribution is 2.23. The third kappa shape index (κ3) is 2.28. The Bertz CT molecular complexity index is 632. The van der Waals surface area contributed by atoms with Crippen LogP contribution in [0.2, 0.25) is 0 Å². The predicted octanol–water partition coefficient (Wildman–Crippen LogP) is 3.46. The van der Waals surface area contributed by atoms with E-state index in [1.807, 2.05) is 31.3 Å². The molecular weight excluding hydrogens is 224 g/mol. The van der Waals surface area contributed by atoms with Crippen molar-refractivity contribution in [3.05, 3.63) is 35.5 Å². The van der Waals surface area contributed by atoms with Gasteiger partial charge in [-0.1, -0.05) is 11.6 Å². The van der Waals surface area contributed by atoms with E-state index >= 15 is 0 Å². The van der Waals surface area contributed by atoms with E-state index < -0.39 is 0 Å².